The average molecular weight is 322 g/mol. The number of nitrogens with one attached hydrogen (secondary N) is 1. The highest BCUT2D eigenvalue weighted by atomic mass is 32.2. The van der Waals surface area contributed by atoms with Gasteiger partial charge in [0, 0.05) is 12.1 Å². The molecular weight excluding hydrogens is 305 g/mol. The van der Waals surface area contributed by atoms with Crippen LogP contribution in [0.2, 0.25) is 0 Å². The molecular formula is C13H17F3N2O2S. The van der Waals surface area contributed by atoms with E-state index in [0.717, 1.165) is 43.5 Å². The van der Waals surface area contributed by atoms with Gasteiger partial charge in [-0.05, 0) is 37.1 Å². The van der Waals surface area contributed by atoms with Crippen LogP contribution in [-0.4, -0.2) is 20.5 Å². The van der Waals surface area contributed by atoms with Crippen molar-refractivity contribution >= 4 is 10.0 Å². The first-order valence-corrected chi connectivity index (χ1v) is 8.13. The molecule has 1 aliphatic carbocycles. The number of alkyl halides is 3. The molecule has 21 heavy (non-hydrogen) atoms. The SMILES string of the molecule is NC1CCCCC1NS(=O)(=O)c1ccc(C(F)(F)F)cc1. The van der Waals surface area contributed by atoms with Crippen LogP contribution in [0.25, 0.3) is 0 Å². The van der Waals surface area contributed by atoms with Gasteiger partial charge in [-0.25, -0.2) is 13.1 Å². The molecule has 2 rings (SSSR count). The van der Waals surface area contributed by atoms with E-state index in [2.05, 4.69) is 4.72 Å². The normalized spacial score (nSPS) is 24.0. The van der Waals surface area contributed by atoms with Crippen LogP contribution in [0.1, 0.15) is 31.2 Å². The molecule has 0 aromatic heterocycles. The number of sulfonamides is 1. The number of benzene rings is 1. The molecule has 0 spiro atoms. The summed E-state index contributed by atoms with van der Waals surface area (Å²) in [4.78, 5) is -0.187. The molecule has 0 bridgehead atoms. The maximum atomic E-state index is 12.5. The molecule has 0 aliphatic heterocycles. The lowest BCUT2D eigenvalue weighted by Gasteiger charge is -2.29. The van der Waals surface area contributed by atoms with E-state index >= 15 is 0 Å². The first-order chi connectivity index (χ1) is 9.70. The van der Waals surface area contributed by atoms with E-state index in [9.17, 15) is 21.6 Å². The smallest absolute Gasteiger partial charge is 0.326 e. The first kappa shape index (κ1) is 16.3. The summed E-state index contributed by atoms with van der Waals surface area (Å²) in [6.07, 6.45) is -1.27. The van der Waals surface area contributed by atoms with Gasteiger partial charge in [-0.15, -0.1) is 0 Å². The number of hydrogen-bond donors (Lipinski definition) is 2. The standard InChI is InChI=1S/C13H17F3N2O2S/c14-13(15,16)9-5-7-10(8-6-9)21(19,20)18-12-4-2-1-3-11(12)17/h5-8,11-12,18H,1-4,17H2. The number of halogens is 3. The second-order valence-electron chi connectivity index (χ2n) is 5.20. The molecule has 0 radical (unpaired) electrons. The quantitative estimate of drug-likeness (QED) is 0.896. The van der Waals surface area contributed by atoms with Gasteiger partial charge >= 0.3 is 6.18 Å². The van der Waals surface area contributed by atoms with Crippen molar-refractivity contribution in [3.05, 3.63) is 29.8 Å². The third kappa shape index (κ3) is 3.96. The van der Waals surface area contributed by atoms with Gasteiger partial charge < -0.3 is 5.73 Å². The zero-order valence-corrected chi connectivity index (χ0v) is 12.0. The molecule has 1 aromatic carbocycles. The summed E-state index contributed by atoms with van der Waals surface area (Å²) >= 11 is 0. The van der Waals surface area contributed by atoms with Gasteiger partial charge in [-0.1, -0.05) is 12.8 Å². The third-order valence-corrected chi connectivity index (χ3v) is 5.12. The summed E-state index contributed by atoms with van der Waals surface area (Å²) in [5.74, 6) is 0. The highest BCUT2D eigenvalue weighted by Gasteiger charge is 2.31. The number of nitrogens with two attached hydrogens (primary N) is 1. The van der Waals surface area contributed by atoms with Gasteiger partial charge in [0.25, 0.3) is 0 Å². The summed E-state index contributed by atoms with van der Waals surface area (Å²) in [5, 5.41) is 0. The van der Waals surface area contributed by atoms with Gasteiger partial charge in [0.05, 0.1) is 10.5 Å². The van der Waals surface area contributed by atoms with Gasteiger partial charge in [-0.2, -0.15) is 13.2 Å². The maximum Gasteiger partial charge on any atom is 0.416 e. The van der Waals surface area contributed by atoms with Crippen LogP contribution in [0.15, 0.2) is 29.2 Å². The lowest BCUT2D eigenvalue weighted by molar-refractivity contribution is -0.137. The van der Waals surface area contributed by atoms with Crippen molar-refractivity contribution in [2.24, 2.45) is 5.73 Å². The van der Waals surface area contributed by atoms with E-state index in [0.29, 0.717) is 6.42 Å². The molecule has 0 saturated heterocycles. The summed E-state index contributed by atoms with van der Waals surface area (Å²) in [6, 6.07) is 2.80. The number of hydrogen-bond acceptors (Lipinski definition) is 3. The van der Waals surface area contributed by atoms with Crippen molar-refractivity contribution in [2.75, 3.05) is 0 Å². The Hall–Kier alpha value is -1.12. The van der Waals surface area contributed by atoms with Gasteiger partial charge in [-0.3, -0.25) is 0 Å². The molecule has 1 aromatic rings. The zero-order chi connectivity index (χ0) is 15.7. The summed E-state index contributed by atoms with van der Waals surface area (Å²) in [5.41, 5.74) is 4.99. The zero-order valence-electron chi connectivity index (χ0n) is 11.2. The maximum absolute atomic E-state index is 12.5. The molecule has 0 heterocycles. The number of rotatable bonds is 3. The van der Waals surface area contributed by atoms with Crippen molar-refractivity contribution in [1.29, 1.82) is 0 Å². The van der Waals surface area contributed by atoms with E-state index in [-0.39, 0.29) is 17.0 Å². The second-order valence-corrected chi connectivity index (χ2v) is 6.91. The summed E-state index contributed by atoms with van der Waals surface area (Å²) < 4.78 is 64.2. The molecule has 0 amide bonds. The molecule has 1 fully saturated rings. The van der Waals surface area contributed by atoms with Crippen molar-refractivity contribution in [2.45, 2.75) is 48.8 Å². The third-order valence-electron chi connectivity index (χ3n) is 3.62. The fraction of sp³-hybridized carbons (Fsp3) is 0.538. The Labute approximate surface area is 121 Å². The fourth-order valence-electron chi connectivity index (χ4n) is 2.40. The molecule has 1 saturated carbocycles. The largest absolute Gasteiger partial charge is 0.416 e. The molecule has 118 valence electrons. The predicted octanol–water partition coefficient (Wildman–Crippen LogP) is 2.25. The first-order valence-electron chi connectivity index (χ1n) is 6.65. The van der Waals surface area contributed by atoms with Gasteiger partial charge in [0.15, 0.2) is 0 Å². The Morgan fingerprint density at radius 1 is 1.10 bits per heavy atom. The van der Waals surface area contributed by atoms with E-state index in [1.807, 2.05) is 0 Å². The monoisotopic (exact) mass is 322 g/mol. The van der Waals surface area contributed by atoms with Gasteiger partial charge in [0.1, 0.15) is 0 Å². The molecule has 2 atom stereocenters. The molecule has 4 nitrogen and oxygen atoms in total. The van der Waals surface area contributed by atoms with Crippen molar-refractivity contribution in [1.82, 2.24) is 4.72 Å². The van der Waals surface area contributed by atoms with Crippen molar-refractivity contribution < 1.29 is 21.6 Å². The van der Waals surface area contributed by atoms with E-state index < -0.39 is 21.8 Å². The Kier molecular flexibility index (Phi) is 4.60. The average Bonchev–Trinajstić information content (AvgIpc) is 2.40. The van der Waals surface area contributed by atoms with Crippen LogP contribution in [0.4, 0.5) is 13.2 Å². The van der Waals surface area contributed by atoms with Crippen LogP contribution < -0.4 is 10.5 Å². The molecule has 1 aliphatic rings. The Morgan fingerprint density at radius 2 is 1.67 bits per heavy atom. The van der Waals surface area contributed by atoms with E-state index in [1.54, 1.807) is 0 Å². The van der Waals surface area contributed by atoms with Crippen LogP contribution in [0.5, 0.6) is 0 Å². The highest BCUT2D eigenvalue weighted by Crippen LogP contribution is 2.29. The fourth-order valence-corrected chi connectivity index (χ4v) is 3.72. The minimum atomic E-state index is -4.48. The summed E-state index contributed by atoms with van der Waals surface area (Å²) in [6.45, 7) is 0. The summed E-state index contributed by atoms with van der Waals surface area (Å²) in [7, 11) is -3.85. The Bertz CT molecular complexity index is 584. The Morgan fingerprint density at radius 3 is 2.19 bits per heavy atom. The predicted molar refractivity (Wildman–Crippen MR) is 72.0 cm³/mol. The van der Waals surface area contributed by atoms with E-state index in [4.69, 9.17) is 5.73 Å². The molecule has 8 heteroatoms. The minimum Gasteiger partial charge on any atom is -0.326 e. The minimum absolute atomic E-state index is 0.187. The lowest BCUT2D eigenvalue weighted by Crippen LogP contribution is -2.49. The highest BCUT2D eigenvalue weighted by molar-refractivity contribution is 7.89. The van der Waals surface area contributed by atoms with Crippen LogP contribution in [0, 0.1) is 0 Å². The van der Waals surface area contributed by atoms with Crippen molar-refractivity contribution in [3.8, 4) is 0 Å². The van der Waals surface area contributed by atoms with Crippen LogP contribution >= 0.6 is 0 Å². The van der Waals surface area contributed by atoms with Crippen LogP contribution in [0.3, 0.4) is 0 Å². The Balaban J connectivity index is 2.16. The van der Waals surface area contributed by atoms with Crippen LogP contribution in [-0.2, 0) is 16.2 Å². The van der Waals surface area contributed by atoms with Crippen molar-refractivity contribution in [3.63, 3.8) is 0 Å². The lowest BCUT2D eigenvalue weighted by atomic mass is 9.92. The van der Waals surface area contributed by atoms with Gasteiger partial charge in [0.2, 0.25) is 10.0 Å². The molecule has 3 N–H and O–H groups in total. The van der Waals surface area contributed by atoms with E-state index in [1.165, 1.54) is 0 Å². The second kappa shape index (κ2) is 5.94. The topological polar surface area (TPSA) is 72.2 Å². The molecule has 2 unspecified atom stereocenters.